The van der Waals surface area contributed by atoms with Gasteiger partial charge in [-0.3, -0.25) is 9.48 Å². The van der Waals surface area contributed by atoms with E-state index in [1.165, 1.54) is 13.4 Å². The minimum Gasteiger partial charge on any atom is -0.480 e. The number of carbonyl (C=O) groups excluding carboxylic acids is 1. The third-order valence-corrected chi connectivity index (χ3v) is 10.3. The summed E-state index contributed by atoms with van der Waals surface area (Å²) in [7, 11) is 1.53. The smallest absolute Gasteiger partial charge is 0.434 e. The van der Waals surface area contributed by atoms with Crippen molar-refractivity contribution in [1.29, 1.82) is 0 Å². The molecule has 2 aliphatic heterocycles. The predicted molar refractivity (Wildman–Crippen MR) is 182 cm³/mol. The molecule has 266 valence electrons. The van der Waals surface area contributed by atoms with Gasteiger partial charge in [0.15, 0.2) is 17.0 Å². The summed E-state index contributed by atoms with van der Waals surface area (Å²) < 4.78 is 50.0. The van der Waals surface area contributed by atoms with Gasteiger partial charge in [0.2, 0.25) is 5.88 Å². The molecule has 6 heterocycles. The molecule has 1 saturated heterocycles. The number of hydrogen-bond donors (Lipinski definition) is 1. The lowest BCUT2D eigenvalue weighted by atomic mass is 9.96. The van der Waals surface area contributed by atoms with Crippen molar-refractivity contribution in [2.24, 2.45) is 4.99 Å². The first-order valence-electron chi connectivity index (χ1n) is 17.6. The maximum absolute atomic E-state index is 13.7. The Labute approximate surface area is 295 Å². The summed E-state index contributed by atoms with van der Waals surface area (Å²) in [5, 5.41) is 8.62. The molecule has 12 nitrogen and oxygen atoms in total. The van der Waals surface area contributed by atoms with Crippen LogP contribution in [0, 0.1) is 0 Å². The van der Waals surface area contributed by atoms with Gasteiger partial charge in [-0.25, -0.2) is 24.9 Å². The zero-order valence-electron chi connectivity index (χ0n) is 28.3. The van der Waals surface area contributed by atoms with E-state index < -0.39 is 17.8 Å². The van der Waals surface area contributed by atoms with Gasteiger partial charge in [-0.05, 0) is 57.2 Å². The number of ether oxygens (including phenoxy) is 1. The van der Waals surface area contributed by atoms with Crippen LogP contribution in [0.15, 0.2) is 54.2 Å². The van der Waals surface area contributed by atoms with Crippen LogP contribution < -0.4 is 20.8 Å². The molecule has 1 atom stereocenters. The third-order valence-electron chi connectivity index (χ3n) is 10.3. The average Bonchev–Trinajstić information content (AvgIpc) is 4.09. The van der Waals surface area contributed by atoms with Crippen molar-refractivity contribution in [1.82, 2.24) is 44.6 Å². The minimum atomic E-state index is -4.53. The molecular formula is C37H35F3N10O2. The maximum atomic E-state index is 13.7. The second-order valence-corrected chi connectivity index (χ2v) is 13.9. The second-order valence-electron chi connectivity index (χ2n) is 13.9. The largest absolute Gasteiger partial charge is 0.480 e. The van der Waals surface area contributed by atoms with Crippen molar-refractivity contribution < 1.29 is 22.7 Å². The summed E-state index contributed by atoms with van der Waals surface area (Å²) in [5.41, 5.74) is 3.55. The first-order chi connectivity index (χ1) is 25.2. The first kappa shape index (κ1) is 32.6. The highest BCUT2D eigenvalue weighted by molar-refractivity contribution is 5.91. The highest BCUT2D eigenvalue weighted by Gasteiger charge is 2.38. The zero-order valence-corrected chi connectivity index (χ0v) is 28.3. The van der Waals surface area contributed by atoms with Crippen LogP contribution in [0.1, 0.15) is 90.7 Å². The number of rotatable bonds is 9. The Bertz CT molecular complexity index is 2300. The number of piperidine rings is 1. The number of fused-ring (bicyclic) bond motifs is 1. The number of aromatic nitrogens is 8. The molecule has 4 aliphatic rings. The van der Waals surface area contributed by atoms with Crippen LogP contribution in [-0.2, 0) is 17.4 Å². The molecule has 4 aromatic heterocycles. The first-order valence-corrected chi connectivity index (χ1v) is 17.6. The normalized spacial score (nSPS) is 19.2. The van der Waals surface area contributed by atoms with Gasteiger partial charge in [0.1, 0.15) is 17.7 Å². The van der Waals surface area contributed by atoms with Crippen LogP contribution in [0.25, 0.3) is 28.9 Å². The van der Waals surface area contributed by atoms with Crippen molar-refractivity contribution in [2.45, 2.75) is 75.0 Å². The summed E-state index contributed by atoms with van der Waals surface area (Å²) in [4.78, 5) is 41.0. The highest BCUT2D eigenvalue weighted by atomic mass is 19.4. The molecule has 5 aromatic rings. The summed E-state index contributed by atoms with van der Waals surface area (Å²) in [5.74, 6) is 0.170. The van der Waals surface area contributed by atoms with E-state index in [2.05, 4.69) is 30.4 Å². The Kier molecular flexibility index (Phi) is 7.97. The molecule has 0 bridgehead atoms. The van der Waals surface area contributed by atoms with Gasteiger partial charge < -0.3 is 14.6 Å². The lowest BCUT2D eigenvalue weighted by Crippen LogP contribution is -2.40. The maximum Gasteiger partial charge on any atom is 0.434 e. The minimum absolute atomic E-state index is 0.0189. The molecular weight excluding hydrogens is 673 g/mol. The zero-order chi connectivity index (χ0) is 35.6. The van der Waals surface area contributed by atoms with Gasteiger partial charge in [-0.2, -0.15) is 23.3 Å². The molecule has 3 fully saturated rings. The summed E-state index contributed by atoms with van der Waals surface area (Å²) in [6.45, 7) is 1.83. The molecule has 9 rings (SSSR count). The number of nitrogens with one attached hydrogen (secondary N) is 1. The van der Waals surface area contributed by atoms with Crippen LogP contribution >= 0.6 is 0 Å². The average molecular weight is 709 g/mol. The van der Waals surface area contributed by atoms with Crippen LogP contribution in [0.4, 0.5) is 13.2 Å². The number of benzene rings is 1. The molecule has 2 aliphatic carbocycles. The Morgan fingerprint density at radius 3 is 2.44 bits per heavy atom. The third kappa shape index (κ3) is 6.16. The molecule has 0 radical (unpaired) electrons. The molecule has 1 amide bonds. The number of hydrogen-bond acceptors (Lipinski definition) is 9. The van der Waals surface area contributed by atoms with E-state index >= 15 is 0 Å². The van der Waals surface area contributed by atoms with Crippen molar-refractivity contribution in [3.8, 4) is 28.7 Å². The van der Waals surface area contributed by atoms with Crippen LogP contribution in [0.3, 0.4) is 0 Å². The lowest BCUT2D eigenvalue weighted by molar-refractivity contribution is -0.140. The fourth-order valence-corrected chi connectivity index (χ4v) is 7.19. The van der Waals surface area contributed by atoms with Crippen LogP contribution in [0.2, 0.25) is 0 Å². The fourth-order valence-electron chi connectivity index (χ4n) is 7.19. The van der Waals surface area contributed by atoms with Crippen LogP contribution in [0.5, 0.6) is 5.88 Å². The fraction of sp³-hybridized carbons (Fsp3) is 0.405. The van der Waals surface area contributed by atoms with Crippen LogP contribution in [-0.4, -0.2) is 65.4 Å². The standard InChI is InChI=1S/C37H35F3N10O2/c1-52-36-30(31(21-6-7-21)42-19-43-36)33-45-28(14-20-2-4-22(5-3-20)34-46-29(37(38,39)40)18-49(34)24-8-9-24)27-15-26(35(51)48-32(27)47-33)23-16-44-50(17-23)25-10-12-41-13-11-25/h2-5,15-19,21,24-26,41H,6-14H2,1H3. The van der Waals surface area contributed by atoms with Crippen molar-refractivity contribution >= 4 is 12.0 Å². The molecule has 15 heteroatoms. The second kappa shape index (κ2) is 12.7. The SMILES string of the molecule is COc1ncnc(C2CC2)c1-c1nc(Cc2ccc(-c3nc(C(F)(F)F)cn3C3CC3)cc2)c2c(n1)=NC(=O)C(c1cnn(C3CCNCC3)c1)C=2. The molecule has 1 N–H and O–H groups in total. The number of carbonyl (C=O) groups is 1. The number of amides is 1. The van der Waals surface area contributed by atoms with E-state index in [9.17, 15) is 18.0 Å². The van der Waals surface area contributed by atoms with E-state index in [-0.39, 0.29) is 29.4 Å². The van der Waals surface area contributed by atoms with Gasteiger partial charge in [0.05, 0.1) is 36.7 Å². The summed E-state index contributed by atoms with van der Waals surface area (Å²) in [6, 6.07) is 7.60. The quantitative estimate of drug-likeness (QED) is 0.235. The number of methoxy groups -OCH3 is 1. The van der Waals surface area contributed by atoms with E-state index in [0.29, 0.717) is 46.0 Å². The van der Waals surface area contributed by atoms with Crippen molar-refractivity contribution in [3.63, 3.8) is 0 Å². The Morgan fingerprint density at radius 1 is 0.942 bits per heavy atom. The Morgan fingerprint density at radius 2 is 1.73 bits per heavy atom. The number of imidazole rings is 1. The monoisotopic (exact) mass is 708 g/mol. The Hall–Kier alpha value is -5.31. The lowest BCUT2D eigenvalue weighted by Gasteiger charge is -2.22. The highest BCUT2D eigenvalue weighted by Crippen LogP contribution is 2.45. The summed E-state index contributed by atoms with van der Waals surface area (Å²) in [6.07, 6.45) is 9.44. The van der Waals surface area contributed by atoms with Crippen molar-refractivity contribution in [2.75, 3.05) is 20.2 Å². The van der Waals surface area contributed by atoms with E-state index in [1.807, 2.05) is 29.1 Å². The topological polar surface area (TPSA) is 138 Å². The molecule has 52 heavy (non-hydrogen) atoms. The number of nitrogens with zero attached hydrogens (tertiary/aromatic N) is 9. The molecule has 0 spiro atoms. The van der Waals surface area contributed by atoms with Gasteiger partial charge in [0, 0.05) is 47.1 Å². The van der Waals surface area contributed by atoms with E-state index in [1.54, 1.807) is 22.9 Å². The predicted octanol–water partition coefficient (Wildman–Crippen LogP) is 4.47. The van der Waals surface area contributed by atoms with Gasteiger partial charge in [-0.15, -0.1) is 0 Å². The number of halogens is 3. The Balaban J connectivity index is 1.12. The molecule has 2 saturated carbocycles. The molecule has 1 aromatic carbocycles. The number of alkyl halides is 3. The van der Waals surface area contributed by atoms with E-state index in [0.717, 1.165) is 74.6 Å². The van der Waals surface area contributed by atoms with Gasteiger partial charge in [-0.1, -0.05) is 30.3 Å². The van der Waals surface area contributed by atoms with Gasteiger partial charge in [0.25, 0.3) is 5.91 Å². The summed E-state index contributed by atoms with van der Waals surface area (Å²) >= 11 is 0. The molecule has 1 unspecified atom stereocenters. The van der Waals surface area contributed by atoms with Gasteiger partial charge >= 0.3 is 6.18 Å². The van der Waals surface area contributed by atoms with Crippen molar-refractivity contribution in [3.05, 3.63) is 88.1 Å². The van der Waals surface area contributed by atoms with E-state index in [4.69, 9.17) is 14.7 Å².